The zero-order valence-electron chi connectivity index (χ0n) is 14.9. The Morgan fingerprint density at radius 1 is 1.26 bits per heavy atom. The largest absolute Gasteiger partial charge is 0.496 e. The highest BCUT2D eigenvalue weighted by atomic mass is 16.5. The maximum atomic E-state index is 5.52. The van der Waals surface area contributed by atoms with Gasteiger partial charge in [-0.25, -0.2) is 0 Å². The summed E-state index contributed by atoms with van der Waals surface area (Å²) in [7, 11) is 3.67. The number of hydrogen-bond acceptors (Lipinski definition) is 4. The van der Waals surface area contributed by atoms with E-state index in [4.69, 9.17) is 4.74 Å². The molecule has 0 amide bonds. The van der Waals surface area contributed by atoms with Gasteiger partial charge in [0.1, 0.15) is 5.75 Å². The number of ether oxygens (including phenoxy) is 1. The van der Waals surface area contributed by atoms with E-state index in [9.17, 15) is 0 Å². The Morgan fingerprint density at radius 2 is 2.00 bits per heavy atom. The summed E-state index contributed by atoms with van der Waals surface area (Å²) in [6.45, 7) is 10.2. The average molecular weight is 316 g/mol. The number of anilines is 1. The zero-order chi connectivity index (χ0) is 16.8. The lowest BCUT2D eigenvalue weighted by Crippen LogP contribution is -2.22. The van der Waals surface area contributed by atoms with Crippen LogP contribution in [0.3, 0.4) is 0 Å². The van der Waals surface area contributed by atoms with E-state index >= 15 is 0 Å². The Kier molecular flexibility index (Phi) is 6.04. The van der Waals surface area contributed by atoms with Crippen molar-refractivity contribution in [1.29, 1.82) is 0 Å². The maximum Gasteiger partial charge on any atom is 0.123 e. The van der Waals surface area contributed by atoms with Gasteiger partial charge in [-0.3, -0.25) is 9.58 Å². The molecule has 0 aliphatic rings. The van der Waals surface area contributed by atoms with Crippen LogP contribution >= 0.6 is 0 Å². The van der Waals surface area contributed by atoms with Crippen molar-refractivity contribution in [3.63, 3.8) is 0 Å². The van der Waals surface area contributed by atoms with Crippen molar-refractivity contribution in [2.75, 3.05) is 25.5 Å². The summed E-state index contributed by atoms with van der Waals surface area (Å²) in [5, 5.41) is 7.82. The van der Waals surface area contributed by atoms with E-state index in [2.05, 4.69) is 47.4 Å². The van der Waals surface area contributed by atoms with Gasteiger partial charge < -0.3 is 10.1 Å². The molecule has 0 spiro atoms. The lowest BCUT2D eigenvalue weighted by molar-refractivity contribution is 0.289. The van der Waals surface area contributed by atoms with Gasteiger partial charge in [-0.2, -0.15) is 5.10 Å². The minimum Gasteiger partial charge on any atom is -0.496 e. The first kappa shape index (κ1) is 17.3. The monoisotopic (exact) mass is 316 g/mol. The SMILES string of the molecule is CCN(CC)Cc1cc(CNc2cn(C)nc2C)ccc1OC. The van der Waals surface area contributed by atoms with Crippen molar-refractivity contribution in [3.05, 3.63) is 41.2 Å². The first-order valence-electron chi connectivity index (χ1n) is 8.19. The van der Waals surface area contributed by atoms with Crippen LogP contribution in [0.1, 0.15) is 30.7 Å². The van der Waals surface area contributed by atoms with Gasteiger partial charge in [-0.05, 0) is 37.7 Å². The third-order valence-corrected chi connectivity index (χ3v) is 4.13. The fourth-order valence-corrected chi connectivity index (χ4v) is 2.72. The first-order chi connectivity index (χ1) is 11.1. The van der Waals surface area contributed by atoms with Gasteiger partial charge in [0.15, 0.2) is 0 Å². The predicted octanol–water partition coefficient (Wildman–Crippen LogP) is 3.19. The normalized spacial score (nSPS) is 11.0. The molecule has 5 nitrogen and oxygen atoms in total. The van der Waals surface area contributed by atoms with Gasteiger partial charge in [-0.1, -0.05) is 19.9 Å². The number of nitrogens with zero attached hydrogens (tertiary/aromatic N) is 3. The predicted molar refractivity (Wildman–Crippen MR) is 94.9 cm³/mol. The summed E-state index contributed by atoms with van der Waals surface area (Å²) in [4.78, 5) is 2.39. The minimum absolute atomic E-state index is 0.780. The quantitative estimate of drug-likeness (QED) is 0.812. The number of benzene rings is 1. The Labute approximate surface area is 139 Å². The number of nitrogens with one attached hydrogen (secondary N) is 1. The van der Waals surface area contributed by atoms with Crippen molar-refractivity contribution in [2.24, 2.45) is 7.05 Å². The molecule has 23 heavy (non-hydrogen) atoms. The van der Waals surface area contributed by atoms with E-state index < -0.39 is 0 Å². The number of methoxy groups -OCH3 is 1. The molecule has 126 valence electrons. The van der Waals surface area contributed by atoms with Gasteiger partial charge in [0, 0.05) is 31.9 Å². The molecule has 0 aliphatic carbocycles. The molecular formula is C18H28N4O. The summed E-state index contributed by atoms with van der Waals surface area (Å²) in [6.07, 6.45) is 2.01. The Morgan fingerprint density at radius 3 is 2.57 bits per heavy atom. The fraction of sp³-hybridized carbons (Fsp3) is 0.500. The topological polar surface area (TPSA) is 42.3 Å². The van der Waals surface area contributed by atoms with Crippen LogP contribution in [0.2, 0.25) is 0 Å². The van der Waals surface area contributed by atoms with Crippen molar-refractivity contribution in [3.8, 4) is 5.75 Å². The molecule has 0 saturated heterocycles. The van der Waals surface area contributed by atoms with Crippen LogP contribution in [-0.4, -0.2) is 34.9 Å². The lowest BCUT2D eigenvalue weighted by Gasteiger charge is -2.20. The second-order valence-electron chi connectivity index (χ2n) is 5.76. The van der Waals surface area contributed by atoms with E-state index in [0.717, 1.165) is 43.3 Å². The molecule has 1 aromatic carbocycles. The van der Waals surface area contributed by atoms with Gasteiger partial charge in [0.25, 0.3) is 0 Å². The van der Waals surface area contributed by atoms with Crippen LogP contribution < -0.4 is 10.1 Å². The van der Waals surface area contributed by atoms with Crippen LogP contribution in [0, 0.1) is 6.92 Å². The highest BCUT2D eigenvalue weighted by molar-refractivity contribution is 5.47. The standard InChI is InChI=1S/C18H28N4O/c1-6-22(7-2)12-16-10-15(8-9-18(16)23-5)11-19-17-13-21(4)20-14(17)3/h8-10,13,19H,6-7,11-12H2,1-5H3. The third-order valence-electron chi connectivity index (χ3n) is 4.13. The molecule has 0 bridgehead atoms. The fourth-order valence-electron chi connectivity index (χ4n) is 2.72. The van der Waals surface area contributed by atoms with Gasteiger partial charge in [0.05, 0.1) is 18.5 Å². The van der Waals surface area contributed by atoms with E-state index in [1.165, 1.54) is 11.1 Å². The molecular weight excluding hydrogens is 288 g/mol. The summed E-state index contributed by atoms with van der Waals surface area (Å²) in [6, 6.07) is 6.41. The minimum atomic E-state index is 0.780. The van der Waals surface area contributed by atoms with Crippen LogP contribution in [0.25, 0.3) is 0 Å². The zero-order valence-corrected chi connectivity index (χ0v) is 14.9. The molecule has 2 rings (SSSR count). The Hall–Kier alpha value is -2.01. The second kappa shape index (κ2) is 8.02. The molecule has 5 heteroatoms. The van der Waals surface area contributed by atoms with E-state index in [-0.39, 0.29) is 0 Å². The van der Waals surface area contributed by atoms with Crippen molar-refractivity contribution < 1.29 is 4.74 Å². The van der Waals surface area contributed by atoms with Crippen LogP contribution in [0.5, 0.6) is 5.75 Å². The Bertz CT molecular complexity index is 632. The van der Waals surface area contributed by atoms with Crippen LogP contribution in [0.15, 0.2) is 24.4 Å². The van der Waals surface area contributed by atoms with Crippen molar-refractivity contribution >= 4 is 5.69 Å². The molecule has 1 N–H and O–H groups in total. The van der Waals surface area contributed by atoms with Crippen LogP contribution in [0.4, 0.5) is 5.69 Å². The van der Waals surface area contributed by atoms with E-state index in [0.29, 0.717) is 0 Å². The third kappa shape index (κ3) is 4.48. The number of rotatable bonds is 8. The molecule has 1 aromatic heterocycles. The summed E-state index contributed by atoms with van der Waals surface area (Å²) >= 11 is 0. The molecule has 0 unspecified atom stereocenters. The molecule has 2 aromatic rings. The first-order valence-corrected chi connectivity index (χ1v) is 8.19. The lowest BCUT2D eigenvalue weighted by atomic mass is 10.1. The van der Waals surface area contributed by atoms with Gasteiger partial charge >= 0.3 is 0 Å². The second-order valence-corrected chi connectivity index (χ2v) is 5.76. The summed E-state index contributed by atoms with van der Waals surface area (Å²) < 4.78 is 7.35. The molecule has 0 atom stereocenters. The maximum absolute atomic E-state index is 5.52. The van der Waals surface area contributed by atoms with Gasteiger partial charge in [0.2, 0.25) is 0 Å². The van der Waals surface area contributed by atoms with E-state index in [1.54, 1.807) is 7.11 Å². The highest BCUT2D eigenvalue weighted by Gasteiger charge is 2.09. The Balaban J connectivity index is 2.11. The summed E-state index contributed by atoms with van der Waals surface area (Å²) in [5.41, 5.74) is 4.58. The number of hydrogen-bond donors (Lipinski definition) is 1. The molecule has 0 aliphatic heterocycles. The molecule has 0 saturated carbocycles. The van der Waals surface area contributed by atoms with Crippen molar-refractivity contribution in [1.82, 2.24) is 14.7 Å². The van der Waals surface area contributed by atoms with Crippen molar-refractivity contribution in [2.45, 2.75) is 33.9 Å². The number of aromatic nitrogens is 2. The van der Waals surface area contributed by atoms with Gasteiger partial charge in [-0.15, -0.1) is 0 Å². The number of aryl methyl sites for hydroxylation is 2. The summed E-state index contributed by atoms with van der Waals surface area (Å²) in [5.74, 6) is 0.957. The van der Waals surface area contributed by atoms with E-state index in [1.807, 2.05) is 24.9 Å². The molecule has 1 heterocycles. The highest BCUT2D eigenvalue weighted by Crippen LogP contribution is 2.22. The molecule has 0 fully saturated rings. The smallest absolute Gasteiger partial charge is 0.123 e. The average Bonchev–Trinajstić information content (AvgIpc) is 2.88. The van der Waals surface area contributed by atoms with Crippen LogP contribution in [-0.2, 0) is 20.1 Å². The molecule has 0 radical (unpaired) electrons.